The van der Waals surface area contributed by atoms with E-state index < -0.39 is 0 Å². The van der Waals surface area contributed by atoms with Crippen LogP contribution in [-0.2, 0) is 11.8 Å². The van der Waals surface area contributed by atoms with Gasteiger partial charge in [0, 0.05) is 50.4 Å². The van der Waals surface area contributed by atoms with Gasteiger partial charge in [-0.3, -0.25) is 4.68 Å². The Kier molecular flexibility index (Phi) is 6.26. The Bertz CT molecular complexity index is 1530. The number of thiophene rings is 1. The Morgan fingerprint density at radius 1 is 1.08 bits per heavy atom. The van der Waals surface area contributed by atoms with E-state index in [1.807, 2.05) is 34.8 Å². The van der Waals surface area contributed by atoms with Crippen molar-refractivity contribution in [3.05, 3.63) is 55.0 Å². The molecule has 2 atom stereocenters. The molecule has 9 heteroatoms. The van der Waals surface area contributed by atoms with E-state index in [-0.39, 0.29) is 18.2 Å². The number of ether oxygens (including phenoxy) is 1. The third-order valence-corrected chi connectivity index (χ3v) is 8.17. The van der Waals surface area contributed by atoms with Crippen LogP contribution in [0.2, 0.25) is 0 Å². The molecule has 37 heavy (non-hydrogen) atoms. The lowest BCUT2D eigenvalue weighted by molar-refractivity contribution is 0.108. The molecule has 0 amide bonds. The maximum Gasteiger partial charge on any atom is 0.199 e. The average molecular weight is 514 g/mol. The van der Waals surface area contributed by atoms with E-state index in [0.717, 1.165) is 62.8 Å². The Hall–Kier alpha value is -3.56. The number of imidazole rings is 1. The number of hydrogen-bond donors (Lipinski definition) is 1. The first-order valence-electron chi connectivity index (χ1n) is 12.7. The number of hydrogen-bond acceptors (Lipinski definition) is 7. The molecule has 5 aromatic rings. The summed E-state index contributed by atoms with van der Waals surface area (Å²) in [5.74, 6) is 2.20. The maximum atomic E-state index is 5.65. The Balaban J connectivity index is 1.59. The highest BCUT2D eigenvalue weighted by Crippen LogP contribution is 2.47. The number of anilines is 1. The lowest BCUT2D eigenvalue weighted by atomic mass is 10.0. The van der Waals surface area contributed by atoms with Gasteiger partial charge in [0.25, 0.3) is 0 Å². The monoisotopic (exact) mass is 513 g/mol. The third-order valence-electron chi connectivity index (χ3n) is 7.06. The predicted molar refractivity (Wildman–Crippen MR) is 149 cm³/mol. The third kappa shape index (κ3) is 4.42. The Labute approximate surface area is 220 Å². The maximum absolute atomic E-state index is 5.65. The van der Waals surface area contributed by atoms with E-state index in [1.165, 1.54) is 0 Å². The van der Waals surface area contributed by atoms with Crippen LogP contribution in [0.15, 0.2) is 55.0 Å². The van der Waals surface area contributed by atoms with Crippen molar-refractivity contribution in [1.29, 1.82) is 0 Å². The number of aryl methyl sites for hydroxylation is 1. The van der Waals surface area contributed by atoms with Gasteiger partial charge in [0.05, 0.1) is 16.4 Å². The van der Waals surface area contributed by atoms with Crippen LogP contribution >= 0.6 is 11.3 Å². The SMILES string of the molecule is COC1CCC(Nc2nc(-c3nccn3C)nc3sc(-c4ccn(C(C)C)n4)c(-c4ccccc4)c23)C1. The van der Waals surface area contributed by atoms with Crippen LogP contribution in [0.5, 0.6) is 0 Å². The van der Waals surface area contributed by atoms with Crippen molar-refractivity contribution in [2.75, 3.05) is 12.4 Å². The van der Waals surface area contributed by atoms with Gasteiger partial charge in [0.2, 0.25) is 0 Å². The molecule has 2 unspecified atom stereocenters. The normalized spacial score (nSPS) is 17.8. The molecule has 1 aromatic carbocycles. The van der Waals surface area contributed by atoms with E-state index in [0.29, 0.717) is 5.82 Å². The highest BCUT2D eigenvalue weighted by atomic mass is 32.1. The summed E-state index contributed by atoms with van der Waals surface area (Å²) in [6.45, 7) is 4.28. The smallest absolute Gasteiger partial charge is 0.199 e. The number of fused-ring (bicyclic) bond motifs is 1. The van der Waals surface area contributed by atoms with Crippen LogP contribution in [0, 0.1) is 0 Å². The molecular weight excluding hydrogens is 482 g/mol. The molecule has 6 rings (SSSR count). The molecule has 0 aliphatic heterocycles. The van der Waals surface area contributed by atoms with Gasteiger partial charge in [-0.25, -0.2) is 15.0 Å². The fraction of sp³-hybridized carbons (Fsp3) is 0.357. The van der Waals surface area contributed by atoms with E-state index >= 15 is 0 Å². The molecule has 1 aliphatic carbocycles. The van der Waals surface area contributed by atoms with Crippen molar-refractivity contribution in [2.24, 2.45) is 7.05 Å². The van der Waals surface area contributed by atoms with E-state index in [1.54, 1.807) is 24.6 Å². The predicted octanol–water partition coefficient (Wildman–Crippen LogP) is 6.18. The zero-order valence-corrected chi connectivity index (χ0v) is 22.4. The zero-order chi connectivity index (χ0) is 25.5. The first kappa shape index (κ1) is 23.8. The van der Waals surface area contributed by atoms with Crippen molar-refractivity contribution in [3.8, 4) is 33.3 Å². The minimum absolute atomic E-state index is 0.274. The number of nitrogens with zero attached hydrogens (tertiary/aromatic N) is 6. The van der Waals surface area contributed by atoms with Crippen LogP contribution in [0.1, 0.15) is 39.2 Å². The molecule has 190 valence electrons. The van der Waals surface area contributed by atoms with Gasteiger partial charge < -0.3 is 14.6 Å². The molecule has 0 saturated heterocycles. The molecule has 4 aromatic heterocycles. The molecule has 0 bridgehead atoms. The second-order valence-corrected chi connectivity index (χ2v) is 10.9. The van der Waals surface area contributed by atoms with Gasteiger partial charge in [-0.1, -0.05) is 30.3 Å². The van der Waals surface area contributed by atoms with Gasteiger partial charge in [0.15, 0.2) is 11.6 Å². The van der Waals surface area contributed by atoms with E-state index in [4.69, 9.17) is 19.8 Å². The fourth-order valence-electron chi connectivity index (χ4n) is 5.07. The zero-order valence-electron chi connectivity index (χ0n) is 21.5. The van der Waals surface area contributed by atoms with Gasteiger partial charge >= 0.3 is 0 Å². The van der Waals surface area contributed by atoms with Crippen molar-refractivity contribution < 1.29 is 4.74 Å². The largest absolute Gasteiger partial charge is 0.381 e. The topological polar surface area (TPSA) is 82.7 Å². The molecule has 4 heterocycles. The molecule has 1 aliphatic rings. The standard InChI is InChI=1S/C28H31N7OS/c1-17(2)35-14-12-21(33-35)24-22(18-8-6-5-7-9-18)23-25(30-19-10-11-20(16-19)36-4)31-26(32-28(23)37-24)27-29-13-15-34(27)3/h5-9,12-15,17,19-20H,10-11,16H2,1-4H3,(H,30,31,32). The molecule has 1 saturated carbocycles. The summed E-state index contributed by atoms with van der Waals surface area (Å²) in [5.41, 5.74) is 3.19. The summed E-state index contributed by atoms with van der Waals surface area (Å²) in [4.78, 5) is 16.7. The summed E-state index contributed by atoms with van der Waals surface area (Å²) in [6.07, 6.45) is 9.06. The fourth-order valence-corrected chi connectivity index (χ4v) is 6.23. The first-order valence-corrected chi connectivity index (χ1v) is 13.6. The van der Waals surface area contributed by atoms with Gasteiger partial charge in [-0.2, -0.15) is 5.10 Å². The molecule has 0 spiro atoms. The van der Waals surface area contributed by atoms with Gasteiger partial charge in [0.1, 0.15) is 16.3 Å². The number of benzene rings is 1. The Morgan fingerprint density at radius 2 is 1.92 bits per heavy atom. The first-order chi connectivity index (χ1) is 18.0. The van der Waals surface area contributed by atoms with E-state index in [2.05, 4.69) is 54.5 Å². The second kappa shape index (κ2) is 9.72. The number of aromatic nitrogens is 6. The van der Waals surface area contributed by atoms with Crippen LogP contribution in [-0.4, -0.2) is 48.6 Å². The molecule has 1 fully saturated rings. The number of methoxy groups -OCH3 is 1. The highest BCUT2D eigenvalue weighted by Gasteiger charge is 2.28. The minimum Gasteiger partial charge on any atom is -0.381 e. The summed E-state index contributed by atoms with van der Waals surface area (Å²) in [6, 6.07) is 13.2. The van der Waals surface area contributed by atoms with Gasteiger partial charge in [-0.05, 0) is 44.7 Å². The van der Waals surface area contributed by atoms with Crippen LogP contribution in [0.25, 0.3) is 43.6 Å². The Morgan fingerprint density at radius 3 is 2.59 bits per heavy atom. The van der Waals surface area contributed by atoms with Crippen LogP contribution in [0.4, 0.5) is 5.82 Å². The molecular formula is C28H31N7OS. The second-order valence-electron chi connectivity index (χ2n) is 9.90. The van der Waals surface area contributed by atoms with Crippen LogP contribution < -0.4 is 5.32 Å². The summed E-state index contributed by atoms with van der Waals surface area (Å²) in [7, 11) is 3.76. The summed E-state index contributed by atoms with van der Waals surface area (Å²) < 4.78 is 9.61. The van der Waals surface area contributed by atoms with Crippen molar-refractivity contribution in [1.82, 2.24) is 29.3 Å². The summed E-state index contributed by atoms with van der Waals surface area (Å²) in [5, 5.41) is 9.74. The molecule has 8 nitrogen and oxygen atoms in total. The highest BCUT2D eigenvalue weighted by molar-refractivity contribution is 7.22. The van der Waals surface area contributed by atoms with E-state index in [9.17, 15) is 0 Å². The van der Waals surface area contributed by atoms with Crippen molar-refractivity contribution in [3.63, 3.8) is 0 Å². The minimum atomic E-state index is 0.274. The van der Waals surface area contributed by atoms with Crippen molar-refractivity contribution in [2.45, 2.75) is 51.3 Å². The molecule has 1 N–H and O–H groups in total. The summed E-state index contributed by atoms with van der Waals surface area (Å²) >= 11 is 1.66. The lowest BCUT2D eigenvalue weighted by Gasteiger charge is -2.16. The molecule has 0 radical (unpaired) electrons. The lowest BCUT2D eigenvalue weighted by Crippen LogP contribution is -2.18. The van der Waals surface area contributed by atoms with Gasteiger partial charge in [-0.15, -0.1) is 11.3 Å². The number of nitrogens with one attached hydrogen (secondary N) is 1. The van der Waals surface area contributed by atoms with Crippen molar-refractivity contribution >= 4 is 27.4 Å². The quantitative estimate of drug-likeness (QED) is 0.280. The average Bonchev–Trinajstić information content (AvgIpc) is 3.69. The van der Waals surface area contributed by atoms with Crippen LogP contribution in [0.3, 0.4) is 0 Å². The number of rotatable bonds is 7.